The Morgan fingerprint density at radius 2 is 1.95 bits per heavy atom. The van der Waals surface area contributed by atoms with Crippen LogP contribution in [0.5, 0.6) is 28.7 Å². The molecule has 7 rings (SSSR count). The molecule has 2 N–H and O–H groups in total. The van der Waals surface area contributed by atoms with Crippen LogP contribution in [0.25, 0.3) is 0 Å². The van der Waals surface area contributed by atoms with Gasteiger partial charge in [-0.05, 0) is 84.0 Å². The Morgan fingerprint density at radius 3 is 2.73 bits per heavy atom. The van der Waals surface area contributed by atoms with Crippen molar-refractivity contribution in [2.75, 3.05) is 26.8 Å². The van der Waals surface area contributed by atoms with Crippen LogP contribution in [0.4, 0.5) is 0 Å². The van der Waals surface area contributed by atoms with E-state index in [2.05, 4.69) is 24.3 Å². The molecule has 1 unspecified atom stereocenters. The number of nitrogens with zero attached hydrogens (tertiary/aromatic N) is 3. The minimum Gasteiger partial charge on any atom is -0.507 e. The summed E-state index contributed by atoms with van der Waals surface area (Å²) in [6, 6.07) is 17.6. The Labute approximate surface area is 256 Å². The van der Waals surface area contributed by atoms with Crippen LogP contribution in [0, 0.1) is 0 Å². The van der Waals surface area contributed by atoms with Crippen LogP contribution in [0.1, 0.15) is 75.5 Å². The molecule has 10 nitrogen and oxygen atoms in total. The second-order valence-corrected chi connectivity index (χ2v) is 11.4. The fraction of sp³-hybridized carbons (Fsp3) is 0.324. The summed E-state index contributed by atoms with van der Waals surface area (Å²) < 4.78 is 19.8. The number of aromatic hydroxyl groups is 1. The molecule has 4 aromatic rings. The number of carbonyl (C=O) groups excluding carboxylic acids is 2. The molecule has 2 amide bonds. The molecule has 4 heterocycles. The number of hydrogen-bond acceptors (Lipinski definition) is 7. The highest BCUT2D eigenvalue weighted by atomic mass is 16.5. The number of benzene rings is 3. The van der Waals surface area contributed by atoms with E-state index < -0.39 is 11.9 Å². The highest BCUT2D eigenvalue weighted by molar-refractivity contribution is 5.97. The molecule has 3 aliphatic rings. The summed E-state index contributed by atoms with van der Waals surface area (Å²) in [7, 11) is 3.37. The number of hydrogen-bond donors (Lipinski definition) is 2. The van der Waals surface area contributed by atoms with Gasteiger partial charge in [-0.1, -0.05) is 26.0 Å². The van der Waals surface area contributed by atoms with Crippen LogP contribution < -0.4 is 19.5 Å². The lowest BCUT2D eigenvalue weighted by molar-refractivity contribution is 0.0682. The molecule has 3 aliphatic heterocycles. The fourth-order valence-electron chi connectivity index (χ4n) is 5.78. The molecule has 44 heavy (non-hydrogen) atoms. The number of carbonyl (C=O) groups is 2. The van der Waals surface area contributed by atoms with Crippen molar-refractivity contribution in [2.24, 2.45) is 7.05 Å². The van der Waals surface area contributed by atoms with Gasteiger partial charge in [-0.25, -0.2) is 0 Å². The molecule has 3 aromatic carbocycles. The molecule has 0 radical (unpaired) electrons. The van der Waals surface area contributed by atoms with Crippen molar-refractivity contribution in [1.82, 2.24) is 20.0 Å². The number of rotatable bonds is 3. The molecule has 8 bridgehead atoms. The monoisotopic (exact) mass is 596 g/mol. The highest BCUT2D eigenvalue weighted by Gasteiger charge is 2.35. The van der Waals surface area contributed by atoms with Gasteiger partial charge in [-0.3, -0.25) is 14.3 Å². The Kier molecular flexibility index (Phi) is 7.90. The Hall–Kier alpha value is -4.99. The molecule has 0 saturated heterocycles. The molecule has 10 heteroatoms. The first-order valence-electron chi connectivity index (χ1n) is 14.8. The third-order valence-electron chi connectivity index (χ3n) is 8.11. The summed E-state index contributed by atoms with van der Waals surface area (Å²) in [5.74, 6) is 1.51. The molecular weight excluding hydrogens is 560 g/mol. The van der Waals surface area contributed by atoms with Crippen LogP contribution >= 0.6 is 0 Å². The first kappa shape index (κ1) is 29.1. The molecular formula is C34H36N4O6. The van der Waals surface area contributed by atoms with E-state index in [1.54, 1.807) is 24.9 Å². The van der Waals surface area contributed by atoms with Gasteiger partial charge in [-0.2, -0.15) is 5.10 Å². The van der Waals surface area contributed by atoms with Crippen LogP contribution in [0.2, 0.25) is 0 Å². The molecule has 0 fully saturated rings. The minimum atomic E-state index is -0.423. The van der Waals surface area contributed by atoms with Crippen LogP contribution in [-0.4, -0.2) is 58.4 Å². The summed E-state index contributed by atoms with van der Waals surface area (Å²) in [6.07, 6.45) is 1.15. The lowest BCUT2D eigenvalue weighted by Crippen LogP contribution is -2.41. The number of amides is 2. The van der Waals surface area contributed by atoms with E-state index in [0.29, 0.717) is 61.2 Å². The van der Waals surface area contributed by atoms with E-state index in [1.807, 2.05) is 47.4 Å². The summed E-state index contributed by atoms with van der Waals surface area (Å²) in [4.78, 5) is 29.0. The van der Waals surface area contributed by atoms with E-state index >= 15 is 0 Å². The topological polar surface area (TPSA) is 115 Å². The first-order valence-corrected chi connectivity index (χ1v) is 14.8. The normalized spacial score (nSPS) is 16.4. The Bertz CT molecular complexity index is 1730. The number of phenolic OH excluding ortho intramolecular Hbond substituents is 1. The molecule has 0 saturated carbocycles. The molecule has 228 valence electrons. The number of aromatic nitrogens is 2. The zero-order valence-electron chi connectivity index (χ0n) is 25.3. The lowest BCUT2D eigenvalue weighted by atomic mass is 9.87. The quantitative estimate of drug-likeness (QED) is 0.328. The number of phenols is 1. The first-order chi connectivity index (χ1) is 21.2. The molecule has 0 aliphatic carbocycles. The van der Waals surface area contributed by atoms with E-state index in [-0.39, 0.29) is 23.1 Å². The van der Waals surface area contributed by atoms with Gasteiger partial charge in [0.05, 0.1) is 31.0 Å². The number of methoxy groups -OCH3 is 1. The van der Waals surface area contributed by atoms with Gasteiger partial charge in [0.15, 0.2) is 11.5 Å². The van der Waals surface area contributed by atoms with Crippen molar-refractivity contribution < 1.29 is 28.9 Å². The molecule has 0 spiro atoms. The van der Waals surface area contributed by atoms with E-state index in [0.717, 1.165) is 22.4 Å². The van der Waals surface area contributed by atoms with Gasteiger partial charge < -0.3 is 29.5 Å². The largest absolute Gasteiger partial charge is 0.507 e. The maximum atomic E-state index is 14.2. The van der Waals surface area contributed by atoms with Crippen LogP contribution in [0.3, 0.4) is 0 Å². The average molecular weight is 597 g/mol. The number of aryl methyl sites for hydroxylation is 1. The van der Waals surface area contributed by atoms with Gasteiger partial charge >= 0.3 is 0 Å². The number of fused-ring (bicyclic) bond motifs is 6. The predicted molar refractivity (Wildman–Crippen MR) is 164 cm³/mol. The summed E-state index contributed by atoms with van der Waals surface area (Å²) in [5.41, 5.74) is 4.33. The highest BCUT2D eigenvalue weighted by Crippen LogP contribution is 2.43. The van der Waals surface area contributed by atoms with Gasteiger partial charge in [-0.15, -0.1) is 0 Å². The van der Waals surface area contributed by atoms with E-state index in [1.165, 1.54) is 12.1 Å². The maximum Gasteiger partial charge on any atom is 0.272 e. The minimum absolute atomic E-state index is 0.109. The Balaban J connectivity index is 1.48. The predicted octanol–water partition coefficient (Wildman–Crippen LogP) is 5.35. The summed E-state index contributed by atoms with van der Waals surface area (Å²) >= 11 is 0. The van der Waals surface area contributed by atoms with Crippen molar-refractivity contribution >= 4 is 11.8 Å². The second kappa shape index (κ2) is 11.9. The van der Waals surface area contributed by atoms with Gasteiger partial charge in [0.1, 0.15) is 22.9 Å². The third kappa shape index (κ3) is 5.55. The molecule has 1 aromatic heterocycles. The zero-order valence-corrected chi connectivity index (χ0v) is 25.3. The van der Waals surface area contributed by atoms with E-state index in [9.17, 15) is 14.7 Å². The zero-order chi connectivity index (χ0) is 31.0. The average Bonchev–Trinajstić information content (AvgIpc) is 3.42. The van der Waals surface area contributed by atoms with Crippen LogP contribution in [-0.2, 0) is 13.5 Å². The fourth-order valence-corrected chi connectivity index (χ4v) is 5.78. The number of ether oxygens (including phenoxy) is 3. The maximum absolute atomic E-state index is 14.2. The smallest absolute Gasteiger partial charge is 0.272 e. The van der Waals surface area contributed by atoms with Gasteiger partial charge in [0.2, 0.25) is 0 Å². The van der Waals surface area contributed by atoms with E-state index in [4.69, 9.17) is 14.2 Å². The standard InChI is InChI=1S/C34H36N4O6/c1-20(2)27-19-28(37(3)36-27)34(41)38-13-11-21-16-31-30(42-4)18-25(21)32(38)22-7-5-8-23(15-22)43-14-6-12-35-33(40)26-17-24(44-31)9-10-29(26)39/h5,7-10,15-20,32,39H,6,11-14H2,1-4H3,(H,35,40). The van der Waals surface area contributed by atoms with Crippen molar-refractivity contribution in [2.45, 2.75) is 38.6 Å². The summed E-state index contributed by atoms with van der Waals surface area (Å²) in [5, 5.41) is 17.8. The van der Waals surface area contributed by atoms with Crippen molar-refractivity contribution in [1.29, 1.82) is 0 Å². The lowest BCUT2D eigenvalue weighted by Gasteiger charge is -2.38. The van der Waals surface area contributed by atoms with Crippen LogP contribution in [0.15, 0.2) is 60.7 Å². The van der Waals surface area contributed by atoms with Crippen molar-refractivity contribution in [3.63, 3.8) is 0 Å². The SMILES string of the molecule is COc1cc2c3cc1Oc1ccc(O)c(c1)C(=O)NCCCOc1cccc(c1)C2N(C(=O)c1cc(C(C)C)nn1C)CC3. The van der Waals surface area contributed by atoms with Gasteiger partial charge in [0, 0.05) is 20.1 Å². The summed E-state index contributed by atoms with van der Waals surface area (Å²) in [6.45, 7) is 5.31. The van der Waals surface area contributed by atoms with Gasteiger partial charge in [0.25, 0.3) is 11.8 Å². The number of nitrogens with one attached hydrogen (secondary N) is 1. The third-order valence-corrected chi connectivity index (χ3v) is 8.11. The second-order valence-electron chi connectivity index (χ2n) is 11.4. The van der Waals surface area contributed by atoms with Crippen molar-refractivity contribution in [3.05, 3.63) is 94.3 Å². The Morgan fingerprint density at radius 1 is 1.11 bits per heavy atom. The van der Waals surface area contributed by atoms with Crippen molar-refractivity contribution in [3.8, 4) is 28.7 Å². The molecule has 1 atom stereocenters.